The fraction of sp³-hybridized carbons (Fsp3) is 0.833. The molecule has 5 heteroatoms. The average Bonchev–Trinajstić information content (AvgIpc) is 2.69. The number of rotatable bonds is 5. The topological polar surface area (TPSA) is 69.6 Å². The molecule has 1 heterocycles. The molecule has 1 saturated heterocycles. The standard InChI is InChI=1S/C12H22N2O3/c1-9(10(15)16)13-11(17)12(2,3)8-14-6-4-5-7-14/h9H,4-8H2,1-3H3,(H,13,17)(H,15,16). The van der Waals surface area contributed by atoms with Crippen molar-refractivity contribution >= 4 is 11.9 Å². The van der Waals surface area contributed by atoms with Crippen LogP contribution in [0.5, 0.6) is 0 Å². The number of carbonyl (C=O) groups excluding carboxylic acids is 1. The van der Waals surface area contributed by atoms with Crippen molar-refractivity contribution in [2.75, 3.05) is 19.6 Å². The van der Waals surface area contributed by atoms with Gasteiger partial charge in [-0.15, -0.1) is 0 Å². The lowest BCUT2D eigenvalue weighted by molar-refractivity contribution is -0.143. The Morgan fingerprint density at radius 1 is 1.35 bits per heavy atom. The molecule has 0 aliphatic carbocycles. The van der Waals surface area contributed by atoms with Gasteiger partial charge in [-0.25, -0.2) is 0 Å². The predicted octanol–water partition coefficient (Wildman–Crippen LogP) is 0.698. The highest BCUT2D eigenvalue weighted by molar-refractivity contribution is 5.86. The molecule has 98 valence electrons. The second-order valence-corrected chi connectivity index (χ2v) is 5.40. The van der Waals surface area contributed by atoms with Crippen molar-refractivity contribution in [2.24, 2.45) is 5.41 Å². The third-order valence-corrected chi connectivity index (χ3v) is 3.15. The minimum Gasteiger partial charge on any atom is -0.480 e. The number of amides is 1. The summed E-state index contributed by atoms with van der Waals surface area (Å²) in [6, 6.07) is -0.833. The molecule has 0 spiro atoms. The Kier molecular flexibility index (Phi) is 4.51. The fourth-order valence-corrected chi connectivity index (χ4v) is 2.03. The molecule has 1 amide bonds. The molecule has 1 aliphatic heterocycles. The highest BCUT2D eigenvalue weighted by Crippen LogP contribution is 2.20. The van der Waals surface area contributed by atoms with Gasteiger partial charge in [0.25, 0.3) is 0 Å². The number of carbonyl (C=O) groups is 2. The monoisotopic (exact) mass is 242 g/mol. The fourth-order valence-electron chi connectivity index (χ4n) is 2.03. The van der Waals surface area contributed by atoms with E-state index in [4.69, 9.17) is 5.11 Å². The van der Waals surface area contributed by atoms with E-state index in [1.165, 1.54) is 19.8 Å². The summed E-state index contributed by atoms with van der Waals surface area (Å²) >= 11 is 0. The van der Waals surface area contributed by atoms with E-state index in [1.54, 1.807) is 0 Å². The van der Waals surface area contributed by atoms with Gasteiger partial charge in [-0.2, -0.15) is 0 Å². The number of hydrogen-bond donors (Lipinski definition) is 2. The SMILES string of the molecule is CC(NC(=O)C(C)(C)CN1CCCC1)C(=O)O. The average molecular weight is 242 g/mol. The molecule has 0 aromatic heterocycles. The first-order chi connectivity index (χ1) is 7.83. The molecule has 1 rings (SSSR count). The van der Waals surface area contributed by atoms with E-state index in [2.05, 4.69) is 10.2 Å². The van der Waals surface area contributed by atoms with Crippen molar-refractivity contribution in [1.29, 1.82) is 0 Å². The molecular weight excluding hydrogens is 220 g/mol. The van der Waals surface area contributed by atoms with E-state index in [0.29, 0.717) is 6.54 Å². The van der Waals surface area contributed by atoms with Crippen LogP contribution in [0.25, 0.3) is 0 Å². The maximum Gasteiger partial charge on any atom is 0.325 e. The molecule has 0 aromatic rings. The van der Waals surface area contributed by atoms with E-state index in [-0.39, 0.29) is 5.91 Å². The number of likely N-dealkylation sites (tertiary alicyclic amines) is 1. The van der Waals surface area contributed by atoms with Crippen LogP contribution in [0.4, 0.5) is 0 Å². The summed E-state index contributed by atoms with van der Waals surface area (Å²) in [5.41, 5.74) is -0.548. The maximum atomic E-state index is 12.0. The Morgan fingerprint density at radius 2 is 1.88 bits per heavy atom. The zero-order valence-corrected chi connectivity index (χ0v) is 10.8. The van der Waals surface area contributed by atoms with Crippen LogP contribution >= 0.6 is 0 Å². The first-order valence-corrected chi connectivity index (χ1v) is 6.09. The van der Waals surface area contributed by atoms with Gasteiger partial charge in [-0.05, 0) is 46.7 Å². The molecular formula is C12H22N2O3. The minimum atomic E-state index is -1.00. The third kappa shape index (κ3) is 4.00. The smallest absolute Gasteiger partial charge is 0.325 e. The van der Waals surface area contributed by atoms with E-state index >= 15 is 0 Å². The van der Waals surface area contributed by atoms with E-state index in [1.807, 2.05) is 13.8 Å². The van der Waals surface area contributed by atoms with Gasteiger partial charge in [-0.1, -0.05) is 0 Å². The maximum absolute atomic E-state index is 12.0. The highest BCUT2D eigenvalue weighted by Gasteiger charge is 2.32. The number of nitrogens with zero attached hydrogens (tertiary/aromatic N) is 1. The second-order valence-electron chi connectivity index (χ2n) is 5.40. The van der Waals surface area contributed by atoms with Crippen molar-refractivity contribution in [2.45, 2.75) is 39.7 Å². The quantitative estimate of drug-likeness (QED) is 0.744. The lowest BCUT2D eigenvalue weighted by atomic mass is 9.91. The van der Waals surface area contributed by atoms with Gasteiger partial charge in [0.2, 0.25) is 5.91 Å². The van der Waals surface area contributed by atoms with Crippen LogP contribution < -0.4 is 5.32 Å². The molecule has 1 fully saturated rings. The van der Waals surface area contributed by atoms with Gasteiger partial charge in [0.1, 0.15) is 6.04 Å². The van der Waals surface area contributed by atoms with Crippen molar-refractivity contribution in [3.8, 4) is 0 Å². The van der Waals surface area contributed by atoms with Crippen molar-refractivity contribution in [1.82, 2.24) is 10.2 Å². The molecule has 1 atom stereocenters. The molecule has 2 N–H and O–H groups in total. The zero-order chi connectivity index (χ0) is 13.1. The van der Waals surface area contributed by atoms with Crippen LogP contribution in [0.2, 0.25) is 0 Å². The predicted molar refractivity (Wildman–Crippen MR) is 64.7 cm³/mol. The second kappa shape index (κ2) is 5.49. The Bertz CT molecular complexity index is 296. The molecule has 0 aromatic carbocycles. The number of carboxylic acid groups (broad SMARTS) is 1. The summed E-state index contributed by atoms with van der Waals surface area (Å²) in [4.78, 5) is 24.9. The van der Waals surface area contributed by atoms with Gasteiger partial charge in [0, 0.05) is 6.54 Å². The van der Waals surface area contributed by atoms with Gasteiger partial charge >= 0.3 is 5.97 Å². The Morgan fingerprint density at radius 3 is 2.35 bits per heavy atom. The lowest BCUT2D eigenvalue weighted by Crippen LogP contribution is -2.49. The zero-order valence-electron chi connectivity index (χ0n) is 10.8. The number of carboxylic acids is 1. The van der Waals surface area contributed by atoms with Gasteiger partial charge in [0.05, 0.1) is 5.41 Å². The molecule has 0 radical (unpaired) electrons. The normalized spacial score (nSPS) is 19.0. The Hall–Kier alpha value is -1.10. The molecule has 17 heavy (non-hydrogen) atoms. The highest BCUT2D eigenvalue weighted by atomic mass is 16.4. The lowest BCUT2D eigenvalue weighted by Gasteiger charge is -2.29. The van der Waals surface area contributed by atoms with Gasteiger partial charge in [-0.3, -0.25) is 9.59 Å². The Labute approximate surface area is 102 Å². The molecule has 5 nitrogen and oxygen atoms in total. The summed E-state index contributed by atoms with van der Waals surface area (Å²) in [6.45, 7) is 7.94. The van der Waals surface area contributed by atoms with Crippen molar-refractivity contribution < 1.29 is 14.7 Å². The third-order valence-electron chi connectivity index (χ3n) is 3.15. The molecule has 0 saturated carbocycles. The minimum absolute atomic E-state index is 0.195. The number of nitrogens with one attached hydrogen (secondary N) is 1. The summed E-state index contributed by atoms with van der Waals surface area (Å²) in [6.07, 6.45) is 2.37. The summed E-state index contributed by atoms with van der Waals surface area (Å²) < 4.78 is 0. The van der Waals surface area contributed by atoms with Crippen LogP contribution in [-0.2, 0) is 9.59 Å². The van der Waals surface area contributed by atoms with Crippen LogP contribution in [0.1, 0.15) is 33.6 Å². The van der Waals surface area contributed by atoms with Crippen LogP contribution in [0.15, 0.2) is 0 Å². The van der Waals surface area contributed by atoms with Crippen LogP contribution in [0, 0.1) is 5.41 Å². The van der Waals surface area contributed by atoms with Gasteiger partial charge < -0.3 is 15.3 Å². The van der Waals surface area contributed by atoms with Gasteiger partial charge in [0.15, 0.2) is 0 Å². The van der Waals surface area contributed by atoms with Crippen molar-refractivity contribution in [3.05, 3.63) is 0 Å². The summed E-state index contributed by atoms with van der Waals surface area (Å²) in [7, 11) is 0. The molecule has 1 aliphatic rings. The van der Waals surface area contributed by atoms with Crippen LogP contribution in [-0.4, -0.2) is 47.6 Å². The van der Waals surface area contributed by atoms with E-state index in [9.17, 15) is 9.59 Å². The summed E-state index contributed by atoms with van der Waals surface area (Å²) in [5, 5.41) is 11.3. The first-order valence-electron chi connectivity index (χ1n) is 6.09. The largest absolute Gasteiger partial charge is 0.480 e. The molecule has 1 unspecified atom stereocenters. The number of aliphatic carboxylic acids is 1. The summed E-state index contributed by atoms with van der Waals surface area (Å²) in [5.74, 6) is -1.20. The van der Waals surface area contributed by atoms with Crippen molar-refractivity contribution in [3.63, 3.8) is 0 Å². The van der Waals surface area contributed by atoms with E-state index < -0.39 is 17.4 Å². The van der Waals surface area contributed by atoms with E-state index in [0.717, 1.165) is 13.1 Å². The molecule has 0 bridgehead atoms. The first kappa shape index (κ1) is 14.0. The van der Waals surface area contributed by atoms with Crippen LogP contribution in [0.3, 0.4) is 0 Å². The number of hydrogen-bond acceptors (Lipinski definition) is 3. The Balaban J connectivity index is 2.50.